The van der Waals surface area contributed by atoms with Gasteiger partial charge in [0.1, 0.15) is 6.61 Å². The predicted molar refractivity (Wildman–Crippen MR) is 65.7 cm³/mol. The number of carbonyl (C=O) groups is 2. The molecule has 0 aliphatic heterocycles. The van der Waals surface area contributed by atoms with E-state index in [-0.39, 0.29) is 19.1 Å². The van der Waals surface area contributed by atoms with E-state index in [0.29, 0.717) is 25.5 Å². The normalized spacial score (nSPS) is 12.1. The van der Waals surface area contributed by atoms with Gasteiger partial charge in [0.25, 0.3) is 0 Å². The summed E-state index contributed by atoms with van der Waals surface area (Å²) in [5.41, 5.74) is 10.3. The third-order valence-electron chi connectivity index (χ3n) is 1.70. The number of rotatable bonds is 10. The quantitative estimate of drug-likeness (QED) is 0.266. The van der Waals surface area contributed by atoms with Crippen LogP contribution >= 0.6 is 12.6 Å². The molecule has 0 saturated heterocycles. The number of carbonyl (C=O) groups excluding carboxylic acids is 2. The molecule has 100 valence electrons. The zero-order chi connectivity index (χ0) is 13.1. The van der Waals surface area contributed by atoms with Gasteiger partial charge in [-0.3, -0.25) is 9.59 Å². The van der Waals surface area contributed by atoms with Crippen LogP contribution in [0.3, 0.4) is 0 Å². The Hall–Kier alpha value is -0.830. The molecule has 0 saturated carbocycles. The number of ether oxygens (including phenoxy) is 2. The Morgan fingerprint density at radius 2 is 1.88 bits per heavy atom. The summed E-state index contributed by atoms with van der Waals surface area (Å²) in [5.74, 6) is -0.472. The molecule has 0 fully saturated rings. The van der Waals surface area contributed by atoms with Gasteiger partial charge in [-0.15, -0.1) is 0 Å². The van der Waals surface area contributed by atoms with Gasteiger partial charge in [-0.1, -0.05) is 0 Å². The zero-order valence-corrected chi connectivity index (χ0v) is 10.4. The molecule has 0 heterocycles. The summed E-state index contributed by atoms with van der Waals surface area (Å²) in [6.45, 7) is 1.23. The van der Waals surface area contributed by atoms with Crippen LogP contribution in [0.2, 0.25) is 0 Å². The van der Waals surface area contributed by atoms with Crippen molar-refractivity contribution in [3.05, 3.63) is 0 Å². The van der Waals surface area contributed by atoms with Gasteiger partial charge >= 0.3 is 0 Å². The second-order valence-electron chi connectivity index (χ2n) is 3.21. The number of thiol groups is 1. The van der Waals surface area contributed by atoms with E-state index >= 15 is 0 Å². The van der Waals surface area contributed by atoms with Gasteiger partial charge in [0, 0.05) is 12.3 Å². The molecule has 8 heteroatoms. The highest BCUT2D eigenvalue weighted by molar-refractivity contribution is 7.80. The Balaban J connectivity index is 3.24. The zero-order valence-electron chi connectivity index (χ0n) is 9.55. The number of hydrogen-bond acceptors (Lipinski definition) is 6. The molecule has 0 rings (SSSR count). The molecule has 0 bridgehead atoms. The number of nitrogens with two attached hydrogens (primary N) is 2. The standard InChI is InChI=1S/C9H19N3O4S/c10-7(6-17)9(14)12-1-2-15-3-4-16-5-8(11)13/h7,17H,1-6,10H2,(H2,11,13)(H,12,14)/t7-/m0/s1. The van der Waals surface area contributed by atoms with Crippen molar-refractivity contribution in [2.45, 2.75) is 6.04 Å². The van der Waals surface area contributed by atoms with Crippen LogP contribution in [0.15, 0.2) is 0 Å². The lowest BCUT2D eigenvalue weighted by Crippen LogP contribution is -2.43. The molecule has 0 spiro atoms. The van der Waals surface area contributed by atoms with E-state index in [1.54, 1.807) is 0 Å². The van der Waals surface area contributed by atoms with Gasteiger partial charge < -0.3 is 26.3 Å². The van der Waals surface area contributed by atoms with E-state index in [2.05, 4.69) is 17.9 Å². The molecule has 0 radical (unpaired) electrons. The molecule has 0 aromatic carbocycles. The Bertz CT molecular complexity index is 240. The van der Waals surface area contributed by atoms with Crippen molar-refractivity contribution in [3.8, 4) is 0 Å². The lowest BCUT2D eigenvalue weighted by atomic mass is 10.3. The van der Waals surface area contributed by atoms with Crippen LogP contribution in [0.25, 0.3) is 0 Å². The lowest BCUT2D eigenvalue weighted by Gasteiger charge is -2.09. The minimum Gasteiger partial charge on any atom is -0.377 e. The van der Waals surface area contributed by atoms with Gasteiger partial charge in [-0.05, 0) is 0 Å². The van der Waals surface area contributed by atoms with Crippen LogP contribution < -0.4 is 16.8 Å². The number of amides is 2. The first-order valence-corrected chi connectivity index (χ1v) is 5.79. The fourth-order valence-corrected chi connectivity index (χ4v) is 1.02. The summed E-state index contributed by atoms with van der Waals surface area (Å²) in [7, 11) is 0. The maximum atomic E-state index is 11.2. The van der Waals surface area contributed by atoms with Crippen LogP contribution in [0.4, 0.5) is 0 Å². The molecule has 17 heavy (non-hydrogen) atoms. The van der Waals surface area contributed by atoms with Gasteiger partial charge in [0.15, 0.2) is 0 Å². The highest BCUT2D eigenvalue weighted by Crippen LogP contribution is 1.83. The van der Waals surface area contributed by atoms with Crippen LogP contribution in [-0.2, 0) is 19.1 Å². The van der Waals surface area contributed by atoms with Crippen LogP contribution in [0, 0.1) is 0 Å². The van der Waals surface area contributed by atoms with Crippen LogP contribution in [0.5, 0.6) is 0 Å². The topological polar surface area (TPSA) is 117 Å². The van der Waals surface area contributed by atoms with E-state index in [0.717, 1.165) is 0 Å². The maximum Gasteiger partial charge on any atom is 0.243 e. The molecule has 1 atom stereocenters. The fraction of sp³-hybridized carbons (Fsp3) is 0.778. The molecule has 0 aromatic rings. The first-order chi connectivity index (χ1) is 8.07. The van der Waals surface area contributed by atoms with Crippen molar-refractivity contribution in [3.63, 3.8) is 0 Å². The lowest BCUT2D eigenvalue weighted by molar-refractivity contribution is -0.123. The first-order valence-electron chi connectivity index (χ1n) is 5.16. The van der Waals surface area contributed by atoms with Gasteiger partial charge in [0.2, 0.25) is 11.8 Å². The number of primary amides is 1. The summed E-state index contributed by atoms with van der Waals surface area (Å²) in [6, 6.07) is -0.600. The highest BCUT2D eigenvalue weighted by Gasteiger charge is 2.09. The second-order valence-corrected chi connectivity index (χ2v) is 3.58. The summed E-state index contributed by atoms with van der Waals surface area (Å²) in [6.07, 6.45) is 0. The molecule has 0 unspecified atom stereocenters. The van der Waals surface area contributed by atoms with E-state index in [9.17, 15) is 9.59 Å². The minimum absolute atomic E-state index is 0.114. The Kier molecular flexibility index (Phi) is 9.83. The Morgan fingerprint density at radius 1 is 1.24 bits per heavy atom. The average Bonchev–Trinajstić information content (AvgIpc) is 2.30. The third kappa shape index (κ3) is 10.1. The highest BCUT2D eigenvalue weighted by atomic mass is 32.1. The molecular formula is C9H19N3O4S. The molecule has 0 aromatic heterocycles. The minimum atomic E-state index is -0.600. The van der Waals surface area contributed by atoms with Crippen molar-refractivity contribution in [1.29, 1.82) is 0 Å². The van der Waals surface area contributed by atoms with E-state index < -0.39 is 11.9 Å². The molecule has 0 aliphatic rings. The maximum absolute atomic E-state index is 11.2. The third-order valence-corrected chi connectivity index (χ3v) is 2.09. The van der Waals surface area contributed by atoms with Gasteiger partial charge in [-0.25, -0.2) is 0 Å². The molecule has 0 aliphatic carbocycles. The summed E-state index contributed by atoms with van der Waals surface area (Å²) < 4.78 is 9.99. The molecule has 2 amide bonds. The van der Waals surface area contributed by atoms with Crippen molar-refractivity contribution in [2.24, 2.45) is 11.5 Å². The molecule has 7 nitrogen and oxygen atoms in total. The van der Waals surface area contributed by atoms with E-state index in [1.807, 2.05) is 0 Å². The second kappa shape index (κ2) is 10.3. The molecule has 5 N–H and O–H groups in total. The van der Waals surface area contributed by atoms with Crippen molar-refractivity contribution < 1.29 is 19.1 Å². The van der Waals surface area contributed by atoms with Crippen molar-refractivity contribution >= 4 is 24.4 Å². The van der Waals surface area contributed by atoms with Gasteiger partial charge in [0.05, 0.1) is 25.9 Å². The van der Waals surface area contributed by atoms with Crippen molar-refractivity contribution in [2.75, 3.05) is 38.7 Å². The average molecular weight is 265 g/mol. The fourth-order valence-electron chi connectivity index (χ4n) is 0.853. The number of nitrogens with one attached hydrogen (secondary N) is 1. The Morgan fingerprint density at radius 3 is 2.47 bits per heavy atom. The van der Waals surface area contributed by atoms with Crippen LogP contribution in [0.1, 0.15) is 0 Å². The first kappa shape index (κ1) is 16.2. The smallest absolute Gasteiger partial charge is 0.243 e. The summed E-state index contributed by atoms with van der Waals surface area (Å²) >= 11 is 3.90. The summed E-state index contributed by atoms with van der Waals surface area (Å²) in [4.78, 5) is 21.5. The number of hydrogen-bond donors (Lipinski definition) is 4. The molecular weight excluding hydrogens is 246 g/mol. The van der Waals surface area contributed by atoms with E-state index in [1.165, 1.54) is 0 Å². The largest absolute Gasteiger partial charge is 0.377 e. The predicted octanol–water partition coefficient (Wildman–Crippen LogP) is -2.12. The van der Waals surface area contributed by atoms with Gasteiger partial charge in [-0.2, -0.15) is 12.6 Å². The Labute approximate surface area is 106 Å². The van der Waals surface area contributed by atoms with Crippen LogP contribution in [-0.4, -0.2) is 56.6 Å². The van der Waals surface area contributed by atoms with E-state index in [4.69, 9.17) is 20.9 Å². The summed E-state index contributed by atoms with van der Waals surface area (Å²) in [5, 5.41) is 2.59. The monoisotopic (exact) mass is 265 g/mol. The van der Waals surface area contributed by atoms with Crippen molar-refractivity contribution in [1.82, 2.24) is 5.32 Å². The SMILES string of the molecule is NC(=O)COCCOCCNC(=O)[C@@H](N)CS.